The molecule has 0 bridgehead atoms. The second kappa shape index (κ2) is 5.78. The SMILES string of the molecule is Nc1ccccc1C1=CCN(c2ccc(Cl)cc2F)CC1. The molecule has 3 rings (SSSR count). The molecule has 1 aliphatic heterocycles. The Balaban J connectivity index is 1.82. The van der Waals surface area contributed by atoms with Crippen LogP contribution in [0.5, 0.6) is 0 Å². The zero-order valence-corrected chi connectivity index (χ0v) is 12.3. The third-order valence-electron chi connectivity index (χ3n) is 3.77. The molecule has 108 valence electrons. The third-order valence-corrected chi connectivity index (χ3v) is 4.00. The highest BCUT2D eigenvalue weighted by Crippen LogP contribution is 2.30. The first kappa shape index (κ1) is 14.0. The minimum absolute atomic E-state index is 0.279. The van der Waals surface area contributed by atoms with Crippen LogP contribution in [0.1, 0.15) is 12.0 Å². The van der Waals surface area contributed by atoms with Gasteiger partial charge < -0.3 is 10.6 Å². The van der Waals surface area contributed by atoms with Crippen LogP contribution in [0.2, 0.25) is 5.02 Å². The first-order valence-corrected chi connectivity index (χ1v) is 7.27. The predicted molar refractivity (Wildman–Crippen MR) is 87.1 cm³/mol. The number of benzene rings is 2. The van der Waals surface area contributed by atoms with E-state index in [-0.39, 0.29) is 5.82 Å². The van der Waals surface area contributed by atoms with E-state index in [0.717, 1.165) is 24.2 Å². The number of nitrogens with zero attached hydrogens (tertiary/aromatic N) is 1. The Bertz CT molecular complexity index is 697. The van der Waals surface area contributed by atoms with E-state index < -0.39 is 0 Å². The second-order valence-corrected chi connectivity index (χ2v) is 5.54. The first-order chi connectivity index (χ1) is 10.1. The van der Waals surface area contributed by atoms with E-state index in [2.05, 4.69) is 6.08 Å². The average Bonchev–Trinajstić information content (AvgIpc) is 2.48. The summed E-state index contributed by atoms with van der Waals surface area (Å²) in [5.41, 5.74) is 9.69. The molecule has 0 radical (unpaired) electrons. The fourth-order valence-electron chi connectivity index (χ4n) is 2.66. The summed E-state index contributed by atoms with van der Waals surface area (Å²) >= 11 is 5.79. The normalized spacial score (nSPS) is 15.0. The van der Waals surface area contributed by atoms with E-state index >= 15 is 0 Å². The van der Waals surface area contributed by atoms with E-state index in [4.69, 9.17) is 17.3 Å². The molecular weight excluding hydrogens is 287 g/mol. The number of halogens is 2. The Morgan fingerprint density at radius 2 is 1.95 bits per heavy atom. The van der Waals surface area contributed by atoms with Crippen molar-refractivity contribution < 1.29 is 4.39 Å². The molecule has 4 heteroatoms. The molecule has 0 aliphatic carbocycles. The number of hydrogen-bond acceptors (Lipinski definition) is 2. The maximum atomic E-state index is 14.0. The summed E-state index contributed by atoms with van der Waals surface area (Å²) in [7, 11) is 0. The lowest BCUT2D eigenvalue weighted by atomic mass is 9.98. The summed E-state index contributed by atoms with van der Waals surface area (Å²) in [5, 5.41) is 0.418. The summed E-state index contributed by atoms with van der Waals surface area (Å²) in [4.78, 5) is 2.01. The maximum Gasteiger partial charge on any atom is 0.147 e. The van der Waals surface area contributed by atoms with Gasteiger partial charge in [-0.25, -0.2) is 4.39 Å². The van der Waals surface area contributed by atoms with Crippen LogP contribution in [0.15, 0.2) is 48.5 Å². The van der Waals surface area contributed by atoms with E-state index in [0.29, 0.717) is 17.3 Å². The van der Waals surface area contributed by atoms with Crippen molar-refractivity contribution in [3.05, 3.63) is 64.9 Å². The number of nitrogens with two attached hydrogens (primary N) is 1. The van der Waals surface area contributed by atoms with E-state index in [1.165, 1.54) is 11.6 Å². The van der Waals surface area contributed by atoms with Gasteiger partial charge in [-0.05, 0) is 36.3 Å². The van der Waals surface area contributed by atoms with Crippen molar-refractivity contribution in [2.75, 3.05) is 23.7 Å². The van der Waals surface area contributed by atoms with Crippen LogP contribution in [0.25, 0.3) is 5.57 Å². The molecular formula is C17H16ClFN2. The molecule has 0 atom stereocenters. The van der Waals surface area contributed by atoms with Crippen molar-refractivity contribution in [3.8, 4) is 0 Å². The van der Waals surface area contributed by atoms with Crippen molar-refractivity contribution in [1.82, 2.24) is 0 Å². The molecule has 0 saturated carbocycles. The van der Waals surface area contributed by atoms with Crippen molar-refractivity contribution >= 4 is 28.5 Å². The van der Waals surface area contributed by atoms with Crippen LogP contribution in [-0.4, -0.2) is 13.1 Å². The van der Waals surface area contributed by atoms with Gasteiger partial charge in [0.2, 0.25) is 0 Å². The number of hydrogen-bond donors (Lipinski definition) is 1. The fourth-order valence-corrected chi connectivity index (χ4v) is 2.82. The molecule has 21 heavy (non-hydrogen) atoms. The van der Waals surface area contributed by atoms with Gasteiger partial charge in [-0.2, -0.15) is 0 Å². The Labute approximate surface area is 128 Å². The number of nitrogen functional groups attached to an aromatic ring is 1. The van der Waals surface area contributed by atoms with Gasteiger partial charge in [0.15, 0.2) is 0 Å². The molecule has 1 aliphatic rings. The lowest BCUT2D eigenvalue weighted by Gasteiger charge is -2.29. The summed E-state index contributed by atoms with van der Waals surface area (Å²) in [6.07, 6.45) is 2.96. The molecule has 1 heterocycles. The summed E-state index contributed by atoms with van der Waals surface area (Å²) < 4.78 is 14.0. The zero-order valence-electron chi connectivity index (χ0n) is 11.5. The van der Waals surface area contributed by atoms with Crippen LogP contribution >= 0.6 is 11.6 Å². The molecule has 2 nitrogen and oxygen atoms in total. The molecule has 0 aromatic heterocycles. The molecule has 0 saturated heterocycles. The Hall–Kier alpha value is -2.00. The van der Waals surface area contributed by atoms with Crippen molar-refractivity contribution in [1.29, 1.82) is 0 Å². The van der Waals surface area contributed by atoms with Gasteiger partial charge >= 0.3 is 0 Å². The topological polar surface area (TPSA) is 29.3 Å². The maximum absolute atomic E-state index is 14.0. The van der Waals surface area contributed by atoms with Gasteiger partial charge in [-0.3, -0.25) is 0 Å². The van der Waals surface area contributed by atoms with Gasteiger partial charge in [0.25, 0.3) is 0 Å². The third kappa shape index (κ3) is 2.88. The molecule has 0 spiro atoms. The van der Waals surface area contributed by atoms with Crippen LogP contribution in [0.3, 0.4) is 0 Å². The molecule has 2 aromatic rings. The lowest BCUT2D eigenvalue weighted by Crippen LogP contribution is -2.29. The van der Waals surface area contributed by atoms with Gasteiger partial charge in [0, 0.05) is 29.4 Å². The minimum Gasteiger partial charge on any atom is -0.398 e. The number of para-hydroxylation sites is 1. The Morgan fingerprint density at radius 3 is 2.62 bits per heavy atom. The van der Waals surface area contributed by atoms with Gasteiger partial charge in [0.1, 0.15) is 5.82 Å². The van der Waals surface area contributed by atoms with Crippen LogP contribution in [0.4, 0.5) is 15.8 Å². The van der Waals surface area contributed by atoms with Gasteiger partial charge in [-0.1, -0.05) is 35.9 Å². The van der Waals surface area contributed by atoms with Crippen LogP contribution in [0, 0.1) is 5.82 Å². The predicted octanol–water partition coefficient (Wildman–Crippen LogP) is 4.36. The monoisotopic (exact) mass is 302 g/mol. The zero-order chi connectivity index (χ0) is 14.8. The Morgan fingerprint density at radius 1 is 1.14 bits per heavy atom. The van der Waals surface area contributed by atoms with Gasteiger partial charge in [-0.15, -0.1) is 0 Å². The minimum atomic E-state index is -0.279. The number of anilines is 2. The average molecular weight is 303 g/mol. The van der Waals surface area contributed by atoms with Crippen molar-refractivity contribution in [2.45, 2.75) is 6.42 Å². The summed E-state index contributed by atoms with van der Waals surface area (Å²) in [6, 6.07) is 12.6. The molecule has 2 aromatic carbocycles. The lowest BCUT2D eigenvalue weighted by molar-refractivity contribution is 0.619. The first-order valence-electron chi connectivity index (χ1n) is 6.89. The number of rotatable bonds is 2. The largest absolute Gasteiger partial charge is 0.398 e. The van der Waals surface area contributed by atoms with Crippen LogP contribution < -0.4 is 10.6 Å². The molecule has 0 fully saturated rings. The highest BCUT2D eigenvalue weighted by atomic mass is 35.5. The summed E-state index contributed by atoms with van der Waals surface area (Å²) in [5.74, 6) is -0.279. The smallest absolute Gasteiger partial charge is 0.147 e. The summed E-state index contributed by atoms with van der Waals surface area (Å²) in [6.45, 7) is 1.43. The van der Waals surface area contributed by atoms with E-state index in [9.17, 15) is 4.39 Å². The molecule has 0 unspecified atom stereocenters. The second-order valence-electron chi connectivity index (χ2n) is 5.11. The van der Waals surface area contributed by atoms with E-state index in [1.807, 2.05) is 29.2 Å². The Kier molecular flexibility index (Phi) is 3.84. The van der Waals surface area contributed by atoms with Crippen LogP contribution in [-0.2, 0) is 0 Å². The molecule has 0 amide bonds. The van der Waals surface area contributed by atoms with Crippen molar-refractivity contribution in [3.63, 3.8) is 0 Å². The highest BCUT2D eigenvalue weighted by Gasteiger charge is 2.17. The molecule has 2 N–H and O–H groups in total. The van der Waals surface area contributed by atoms with Gasteiger partial charge in [0.05, 0.1) is 5.69 Å². The standard InChI is InChI=1S/C17H16ClFN2/c18-13-5-6-17(15(19)11-13)21-9-7-12(8-10-21)14-3-1-2-4-16(14)20/h1-7,11H,8-10,20H2. The van der Waals surface area contributed by atoms with E-state index in [1.54, 1.807) is 12.1 Å². The highest BCUT2D eigenvalue weighted by molar-refractivity contribution is 6.30. The quantitative estimate of drug-likeness (QED) is 0.835. The van der Waals surface area contributed by atoms with Crippen molar-refractivity contribution in [2.24, 2.45) is 0 Å². The fraction of sp³-hybridized carbons (Fsp3) is 0.176.